The monoisotopic (exact) mass is 366 g/mol. The van der Waals surface area contributed by atoms with Gasteiger partial charge in [0.05, 0.1) is 22.5 Å². The van der Waals surface area contributed by atoms with Crippen LogP contribution in [0.3, 0.4) is 0 Å². The Morgan fingerprint density at radius 3 is 2.48 bits per heavy atom. The Morgan fingerprint density at radius 2 is 1.88 bits per heavy atom. The molecule has 0 radical (unpaired) electrons. The molecule has 0 unspecified atom stereocenters. The zero-order chi connectivity index (χ0) is 18.6. The molecule has 0 bridgehead atoms. The first-order chi connectivity index (χ1) is 11.5. The second-order valence-corrected chi connectivity index (χ2v) is 10.6. The largest absolute Gasteiger partial charge is 0.388 e. The van der Waals surface area contributed by atoms with Crippen molar-refractivity contribution in [2.24, 2.45) is 39.9 Å². The van der Waals surface area contributed by atoms with Crippen molar-refractivity contribution in [3.8, 4) is 0 Å². The summed E-state index contributed by atoms with van der Waals surface area (Å²) in [6.07, 6.45) is 6.04. The van der Waals surface area contributed by atoms with E-state index >= 15 is 0 Å². The fourth-order valence-corrected chi connectivity index (χ4v) is 8.52. The van der Waals surface area contributed by atoms with Gasteiger partial charge >= 0.3 is 0 Å². The number of Topliss-reactive ketones (excluding diaryl/α,β-unsaturated/α-hetero) is 1. The van der Waals surface area contributed by atoms with E-state index in [1.807, 2.05) is 6.92 Å². The summed E-state index contributed by atoms with van der Waals surface area (Å²) in [5, 5.41) is 11.8. The molecule has 0 aromatic rings. The van der Waals surface area contributed by atoms with Gasteiger partial charge in [0.1, 0.15) is 0 Å². The molecule has 140 valence electrons. The molecule has 0 aromatic heterocycles. The topological polar surface area (TPSA) is 46.5 Å². The molecule has 3 saturated carbocycles. The summed E-state index contributed by atoms with van der Waals surface area (Å²) in [7, 11) is 1.76. The number of hydrogen-bond donors (Lipinski definition) is 1. The molecule has 4 aliphatic carbocycles. The molecule has 0 amide bonds. The number of alkyl halides is 1. The Bertz CT molecular complexity index is 658. The molecule has 1 N–H and O–H groups in total. The van der Waals surface area contributed by atoms with Crippen molar-refractivity contribution in [3.63, 3.8) is 0 Å². The highest BCUT2D eigenvalue weighted by Gasteiger charge is 2.79. The first-order valence-electron chi connectivity index (χ1n) is 9.59. The number of halogens is 1. The van der Waals surface area contributed by atoms with E-state index in [4.69, 9.17) is 16.3 Å². The number of ketones is 1. The average Bonchev–Trinajstić information content (AvgIpc) is 3.06. The van der Waals surface area contributed by atoms with Gasteiger partial charge in [-0.05, 0) is 42.9 Å². The minimum atomic E-state index is -1.07. The number of ether oxygens (including phenoxy) is 1. The van der Waals surface area contributed by atoms with Gasteiger partial charge in [-0.15, -0.1) is 11.6 Å². The molecule has 4 rings (SSSR count). The third-order valence-corrected chi connectivity index (χ3v) is 9.08. The van der Waals surface area contributed by atoms with Crippen LogP contribution in [-0.4, -0.2) is 35.1 Å². The van der Waals surface area contributed by atoms with Crippen molar-refractivity contribution < 1.29 is 14.6 Å². The molecule has 0 aliphatic heterocycles. The van der Waals surface area contributed by atoms with E-state index in [9.17, 15) is 9.90 Å². The molecule has 0 heterocycles. The number of hydrogen-bond acceptors (Lipinski definition) is 3. The number of carbonyl (C=O) groups excluding carboxylic acids is 1. The average molecular weight is 367 g/mol. The summed E-state index contributed by atoms with van der Waals surface area (Å²) in [4.78, 5) is 13.5. The highest BCUT2D eigenvalue weighted by molar-refractivity contribution is 6.32. The van der Waals surface area contributed by atoms with Gasteiger partial charge in [0, 0.05) is 18.4 Å². The van der Waals surface area contributed by atoms with Gasteiger partial charge in [-0.25, -0.2) is 0 Å². The Labute approximate surface area is 156 Å². The maximum Gasteiger partial charge on any atom is 0.159 e. The molecule has 0 spiro atoms. The number of allylic oxidation sites excluding steroid dienone is 1. The van der Waals surface area contributed by atoms with Gasteiger partial charge < -0.3 is 9.84 Å². The molecule has 3 nitrogen and oxygen atoms in total. The maximum atomic E-state index is 13.5. The van der Waals surface area contributed by atoms with Crippen molar-refractivity contribution >= 4 is 17.4 Å². The molecule has 9 atom stereocenters. The van der Waals surface area contributed by atoms with Crippen LogP contribution in [0.2, 0.25) is 0 Å². The lowest BCUT2D eigenvalue weighted by Crippen LogP contribution is -2.70. The predicted octanol–water partition coefficient (Wildman–Crippen LogP) is 3.82. The molecule has 25 heavy (non-hydrogen) atoms. The Morgan fingerprint density at radius 1 is 1.24 bits per heavy atom. The summed E-state index contributed by atoms with van der Waals surface area (Å²) in [5.41, 5.74) is -2.56. The molecule has 0 aromatic carbocycles. The van der Waals surface area contributed by atoms with Gasteiger partial charge in [-0.1, -0.05) is 39.8 Å². The van der Waals surface area contributed by atoms with Crippen LogP contribution in [0.25, 0.3) is 0 Å². The fourth-order valence-electron chi connectivity index (χ4n) is 7.69. The van der Waals surface area contributed by atoms with Crippen molar-refractivity contribution in [3.05, 3.63) is 12.2 Å². The van der Waals surface area contributed by atoms with Gasteiger partial charge in [0.15, 0.2) is 5.78 Å². The van der Waals surface area contributed by atoms with E-state index in [2.05, 4.69) is 39.8 Å². The molecular weight excluding hydrogens is 336 g/mol. The minimum Gasteiger partial charge on any atom is -0.388 e. The Kier molecular flexibility index (Phi) is 3.54. The number of methoxy groups -OCH3 is 1. The summed E-state index contributed by atoms with van der Waals surface area (Å²) in [5.74, 6) is 0.653. The quantitative estimate of drug-likeness (QED) is 0.566. The Hall–Kier alpha value is -0.380. The number of carbonyl (C=O) groups is 1. The molecule has 4 aliphatic rings. The van der Waals surface area contributed by atoms with E-state index in [-0.39, 0.29) is 35.1 Å². The highest BCUT2D eigenvalue weighted by atomic mass is 35.5. The molecule has 4 heteroatoms. The third-order valence-electron chi connectivity index (χ3n) is 8.63. The number of rotatable bonds is 1. The Balaban J connectivity index is 1.92. The van der Waals surface area contributed by atoms with Gasteiger partial charge in [0.2, 0.25) is 0 Å². The van der Waals surface area contributed by atoms with Crippen molar-refractivity contribution in [2.75, 3.05) is 7.11 Å². The van der Waals surface area contributed by atoms with E-state index < -0.39 is 21.8 Å². The summed E-state index contributed by atoms with van der Waals surface area (Å²) < 4.78 is 5.81. The standard InChI is InChI=1S/C21H31ClO3/c1-11-9-13-12(15(11)25-6)10-20(5)17(23)14(22)16-18(2,3)7-8-19(16,4)21(13,20)24/h7-8,11-16,24H,9-10H2,1-6H3/t11-,12+,13+,14-,15+,16+,19-,20-,21-/m0/s1. The lowest BCUT2D eigenvalue weighted by Gasteiger charge is -2.60. The van der Waals surface area contributed by atoms with Crippen LogP contribution in [0.15, 0.2) is 12.2 Å². The normalized spacial score (nSPS) is 59.0. The maximum absolute atomic E-state index is 13.5. The first kappa shape index (κ1) is 18.0. The lowest BCUT2D eigenvalue weighted by atomic mass is 9.46. The number of aliphatic hydroxyl groups is 1. The first-order valence-corrected chi connectivity index (χ1v) is 10.0. The minimum absolute atomic E-state index is 0.0350. The third kappa shape index (κ3) is 1.74. The zero-order valence-corrected chi connectivity index (χ0v) is 16.9. The lowest BCUT2D eigenvalue weighted by molar-refractivity contribution is -0.203. The summed E-state index contributed by atoms with van der Waals surface area (Å²) in [6.45, 7) is 10.6. The summed E-state index contributed by atoms with van der Waals surface area (Å²) >= 11 is 6.78. The highest BCUT2D eigenvalue weighted by Crippen LogP contribution is 2.74. The second-order valence-electron chi connectivity index (χ2n) is 10.2. The van der Waals surface area contributed by atoms with E-state index in [1.165, 1.54) is 0 Å². The zero-order valence-electron chi connectivity index (χ0n) is 16.2. The van der Waals surface area contributed by atoms with Crippen LogP contribution >= 0.6 is 11.6 Å². The van der Waals surface area contributed by atoms with E-state index in [1.54, 1.807) is 7.11 Å². The van der Waals surface area contributed by atoms with Crippen molar-refractivity contribution in [1.82, 2.24) is 0 Å². The van der Waals surface area contributed by atoms with Crippen LogP contribution in [0.4, 0.5) is 0 Å². The van der Waals surface area contributed by atoms with Crippen LogP contribution < -0.4 is 0 Å². The molecule has 3 fully saturated rings. The fraction of sp³-hybridized carbons (Fsp3) is 0.857. The number of fused-ring (bicyclic) bond motifs is 5. The van der Waals surface area contributed by atoms with Crippen molar-refractivity contribution in [1.29, 1.82) is 0 Å². The summed E-state index contributed by atoms with van der Waals surface area (Å²) in [6, 6.07) is 0. The van der Waals surface area contributed by atoms with E-state index in [0.29, 0.717) is 12.3 Å². The van der Waals surface area contributed by atoms with Gasteiger partial charge in [-0.2, -0.15) is 0 Å². The van der Waals surface area contributed by atoms with Crippen molar-refractivity contribution in [2.45, 2.75) is 64.5 Å². The van der Waals surface area contributed by atoms with Crippen LogP contribution in [-0.2, 0) is 9.53 Å². The SMILES string of the molecule is CO[C@H]1[C@@H]2C[C@@]3(C)C(=O)[C@@H](Cl)[C@@H]4C(C)(C)C=C[C@]4(C)[C@@]3(O)[C@@H]2C[C@@H]1C. The molecular formula is C21H31ClO3. The molecule has 0 saturated heterocycles. The van der Waals surface area contributed by atoms with Gasteiger partial charge in [-0.3, -0.25) is 4.79 Å². The van der Waals surface area contributed by atoms with Gasteiger partial charge in [0.25, 0.3) is 0 Å². The second kappa shape index (κ2) is 4.91. The van der Waals surface area contributed by atoms with Crippen LogP contribution in [0.1, 0.15) is 47.5 Å². The van der Waals surface area contributed by atoms with Crippen LogP contribution in [0.5, 0.6) is 0 Å². The predicted molar refractivity (Wildman–Crippen MR) is 98.4 cm³/mol. The van der Waals surface area contributed by atoms with Crippen LogP contribution in [0, 0.1) is 39.9 Å². The smallest absolute Gasteiger partial charge is 0.159 e. The van der Waals surface area contributed by atoms with E-state index in [0.717, 1.165) is 6.42 Å².